The fraction of sp³-hybridized carbons (Fsp3) is 0.333. The maximum atomic E-state index is 12.1. The van der Waals surface area contributed by atoms with Crippen molar-refractivity contribution < 1.29 is 9.90 Å². The van der Waals surface area contributed by atoms with Gasteiger partial charge in [-0.2, -0.15) is 0 Å². The molecular weight excluding hydrogens is 276 g/mol. The van der Waals surface area contributed by atoms with Crippen LogP contribution in [0, 0.1) is 0 Å². The van der Waals surface area contributed by atoms with E-state index < -0.39 is 6.10 Å². The van der Waals surface area contributed by atoms with E-state index >= 15 is 0 Å². The highest BCUT2D eigenvalue weighted by atomic mass is 35.5. The minimum atomic E-state index is -0.460. The summed E-state index contributed by atoms with van der Waals surface area (Å²) in [5, 5.41) is 13.4. The molecular formula is C15H17ClN2O2. The molecule has 2 N–H and O–H groups in total. The third-order valence-corrected chi connectivity index (χ3v) is 3.28. The van der Waals surface area contributed by atoms with E-state index in [1.165, 1.54) is 0 Å². The van der Waals surface area contributed by atoms with E-state index in [4.69, 9.17) is 11.6 Å². The summed E-state index contributed by atoms with van der Waals surface area (Å²) in [7, 11) is 0. The summed E-state index contributed by atoms with van der Waals surface area (Å²) in [6.07, 6.45) is 0.0333. The summed E-state index contributed by atoms with van der Waals surface area (Å²) in [5.74, 6) is -0.286. The van der Waals surface area contributed by atoms with Gasteiger partial charge in [-0.05, 0) is 32.4 Å². The lowest BCUT2D eigenvalue weighted by Crippen LogP contribution is -2.35. The maximum Gasteiger partial charge on any atom is 0.270 e. The van der Waals surface area contributed by atoms with Crippen molar-refractivity contribution in [3.8, 4) is 0 Å². The van der Waals surface area contributed by atoms with Crippen molar-refractivity contribution in [3.63, 3.8) is 0 Å². The van der Waals surface area contributed by atoms with E-state index in [9.17, 15) is 9.90 Å². The second-order valence-electron chi connectivity index (χ2n) is 4.97. The number of carbonyl (C=O) groups excluding carboxylic acids is 1. The highest BCUT2D eigenvalue weighted by Crippen LogP contribution is 2.22. The molecule has 0 spiro atoms. The number of pyridine rings is 1. The van der Waals surface area contributed by atoms with Crippen molar-refractivity contribution in [3.05, 3.63) is 41.0 Å². The van der Waals surface area contributed by atoms with Crippen molar-refractivity contribution >= 4 is 28.4 Å². The largest absolute Gasteiger partial charge is 0.393 e. The average molecular weight is 293 g/mol. The van der Waals surface area contributed by atoms with Crippen LogP contribution in [0.4, 0.5) is 0 Å². The molecule has 4 nitrogen and oxygen atoms in total. The molecule has 2 rings (SSSR count). The Labute approximate surface area is 122 Å². The zero-order chi connectivity index (χ0) is 14.7. The lowest BCUT2D eigenvalue weighted by atomic mass is 10.1. The van der Waals surface area contributed by atoms with Gasteiger partial charge in [-0.15, -0.1) is 0 Å². The Kier molecular flexibility index (Phi) is 4.57. The van der Waals surface area contributed by atoms with Crippen molar-refractivity contribution in [2.24, 2.45) is 0 Å². The van der Waals surface area contributed by atoms with Gasteiger partial charge in [0.1, 0.15) is 5.69 Å². The second kappa shape index (κ2) is 6.20. The third kappa shape index (κ3) is 3.46. The molecule has 0 saturated heterocycles. The fourth-order valence-corrected chi connectivity index (χ4v) is 2.38. The molecule has 0 aliphatic rings. The molecule has 0 aliphatic heterocycles. The fourth-order valence-electron chi connectivity index (χ4n) is 2.12. The Morgan fingerprint density at radius 3 is 2.80 bits per heavy atom. The molecule has 0 bridgehead atoms. The van der Waals surface area contributed by atoms with Crippen LogP contribution < -0.4 is 5.32 Å². The summed E-state index contributed by atoms with van der Waals surface area (Å²) in [6, 6.07) is 8.84. The van der Waals surface area contributed by atoms with Gasteiger partial charge >= 0.3 is 0 Å². The van der Waals surface area contributed by atoms with Crippen molar-refractivity contribution in [2.45, 2.75) is 32.4 Å². The molecule has 1 aromatic carbocycles. The number of aliphatic hydroxyl groups excluding tert-OH is 1. The molecule has 2 unspecified atom stereocenters. The van der Waals surface area contributed by atoms with Crippen LogP contribution >= 0.6 is 11.6 Å². The molecule has 1 aromatic heterocycles. The number of fused-ring (bicyclic) bond motifs is 1. The first-order valence-electron chi connectivity index (χ1n) is 6.51. The minimum Gasteiger partial charge on any atom is -0.393 e. The van der Waals surface area contributed by atoms with Gasteiger partial charge < -0.3 is 10.4 Å². The Morgan fingerprint density at radius 2 is 2.10 bits per heavy atom. The topological polar surface area (TPSA) is 62.2 Å². The second-order valence-corrected chi connectivity index (χ2v) is 5.37. The van der Waals surface area contributed by atoms with E-state index in [2.05, 4.69) is 10.3 Å². The normalized spacial score (nSPS) is 14.0. The number of hydrogen-bond donors (Lipinski definition) is 2. The van der Waals surface area contributed by atoms with Crippen LogP contribution in [0.1, 0.15) is 30.8 Å². The van der Waals surface area contributed by atoms with E-state index in [1.54, 1.807) is 13.0 Å². The van der Waals surface area contributed by atoms with Crippen LogP contribution in [0.3, 0.4) is 0 Å². The molecule has 2 aromatic rings. The first-order valence-corrected chi connectivity index (χ1v) is 6.89. The minimum absolute atomic E-state index is 0.130. The van der Waals surface area contributed by atoms with E-state index in [0.717, 1.165) is 5.39 Å². The van der Waals surface area contributed by atoms with Gasteiger partial charge in [-0.25, -0.2) is 4.98 Å². The molecule has 0 fully saturated rings. The summed E-state index contributed by atoms with van der Waals surface area (Å²) in [6.45, 7) is 3.53. The number of para-hydroxylation sites is 1. The molecule has 0 aliphatic carbocycles. The van der Waals surface area contributed by atoms with Crippen LogP contribution in [0.5, 0.6) is 0 Å². The average Bonchev–Trinajstić information content (AvgIpc) is 2.37. The highest BCUT2D eigenvalue weighted by molar-refractivity contribution is 6.35. The van der Waals surface area contributed by atoms with Gasteiger partial charge in [0.15, 0.2) is 0 Å². The summed E-state index contributed by atoms with van der Waals surface area (Å²) in [4.78, 5) is 16.4. The van der Waals surface area contributed by atoms with Crippen LogP contribution in [-0.4, -0.2) is 28.1 Å². The van der Waals surface area contributed by atoms with Crippen molar-refractivity contribution in [2.75, 3.05) is 0 Å². The number of halogens is 1. The van der Waals surface area contributed by atoms with Gasteiger partial charge in [0.05, 0.1) is 16.6 Å². The molecule has 5 heteroatoms. The number of amides is 1. The predicted molar refractivity (Wildman–Crippen MR) is 80.0 cm³/mol. The molecule has 1 heterocycles. The van der Waals surface area contributed by atoms with Gasteiger partial charge in [0, 0.05) is 11.4 Å². The van der Waals surface area contributed by atoms with Crippen LogP contribution in [0.15, 0.2) is 30.3 Å². The van der Waals surface area contributed by atoms with E-state index in [1.807, 2.05) is 31.2 Å². The first kappa shape index (κ1) is 14.8. The molecule has 106 valence electrons. The number of rotatable bonds is 4. The van der Waals surface area contributed by atoms with Crippen molar-refractivity contribution in [1.82, 2.24) is 10.3 Å². The Bertz CT molecular complexity index is 628. The zero-order valence-electron chi connectivity index (χ0n) is 11.4. The maximum absolute atomic E-state index is 12.1. The lowest BCUT2D eigenvalue weighted by molar-refractivity contribution is 0.0918. The summed E-state index contributed by atoms with van der Waals surface area (Å²) < 4.78 is 0. The van der Waals surface area contributed by atoms with Gasteiger partial charge in [-0.1, -0.05) is 29.8 Å². The SMILES string of the molecule is CC(O)CC(C)NC(=O)c1cc(Cl)c2ccccc2n1. The van der Waals surface area contributed by atoms with Gasteiger partial charge in [0.25, 0.3) is 5.91 Å². The van der Waals surface area contributed by atoms with Crippen molar-refractivity contribution in [1.29, 1.82) is 0 Å². The van der Waals surface area contributed by atoms with Crippen LogP contribution in [-0.2, 0) is 0 Å². The number of carbonyl (C=O) groups is 1. The molecule has 0 radical (unpaired) electrons. The zero-order valence-corrected chi connectivity index (χ0v) is 12.2. The molecule has 0 saturated carbocycles. The summed E-state index contributed by atoms with van der Waals surface area (Å²) in [5.41, 5.74) is 0.972. The lowest BCUT2D eigenvalue weighted by Gasteiger charge is -2.15. The van der Waals surface area contributed by atoms with E-state index in [-0.39, 0.29) is 17.6 Å². The first-order chi connectivity index (χ1) is 9.47. The number of aliphatic hydroxyl groups is 1. The standard InChI is InChI=1S/C15H17ClN2O2/c1-9(7-10(2)19)17-15(20)14-8-12(16)11-5-3-4-6-13(11)18-14/h3-6,8-10,19H,7H2,1-2H3,(H,17,20). The number of nitrogens with one attached hydrogen (secondary N) is 1. The van der Waals surface area contributed by atoms with E-state index in [0.29, 0.717) is 17.0 Å². The monoisotopic (exact) mass is 292 g/mol. The molecule has 2 atom stereocenters. The smallest absolute Gasteiger partial charge is 0.270 e. The Balaban J connectivity index is 2.22. The molecule has 1 amide bonds. The number of aromatic nitrogens is 1. The summed E-state index contributed by atoms with van der Waals surface area (Å²) >= 11 is 6.17. The van der Waals surface area contributed by atoms with Crippen LogP contribution in [0.25, 0.3) is 10.9 Å². The third-order valence-electron chi connectivity index (χ3n) is 2.97. The van der Waals surface area contributed by atoms with Gasteiger partial charge in [0.2, 0.25) is 0 Å². The number of benzene rings is 1. The Hall–Kier alpha value is -1.65. The van der Waals surface area contributed by atoms with Gasteiger partial charge in [-0.3, -0.25) is 4.79 Å². The van der Waals surface area contributed by atoms with Crippen LogP contribution in [0.2, 0.25) is 5.02 Å². The quantitative estimate of drug-likeness (QED) is 0.911. The highest BCUT2D eigenvalue weighted by Gasteiger charge is 2.14. The number of hydrogen-bond acceptors (Lipinski definition) is 3. The predicted octanol–water partition coefficient (Wildman–Crippen LogP) is 2.78. The molecule has 20 heavy (non-hydrogen) atoms. The number of nitrogens with zero attached hydrogens (tertiary/aromatic N) is 1. The Morgan fingerprint density at radius 1 is 1.40 bits per heavy atom.